The van der Waals surface area contributed by atoms with Gasteiger partial charge >= 0.3 is 0 Å². The van der Waals surface area contributed by atoms with Gasteiger partial charge in [0.15, 0.2) is 6.39 Å². The van der Waals surface area contributed by atoms with Crippen molar-refractivity contribution < 1.29 is 9.21 Å². The highest BCUT2D eigenvalue weighted by Gasteiger charge is 2.06. The maximum absolute atomic E-state index is 11.7. The van der Waals surface area contributed by atoms with E-state index in [2.05, 4.69) is 29.4 Å². The van der Waals surface area contributed by atoms with Crippen molar-refractivity contribution in [2.45, 2.75) is 33.2 Å². The van der Waals surface area contributed by atoms with Gasteiger partial charge in [-0.05, 0) is 25.8 Å². The predicted molar refractivity (Wildman–Crippen MR) is 72.6 cm³/mol. The summed E-state index contributed by atoms with van der Waals surface area (Å²) in [5.41, 5.74) is 3.22. The zero-order valence-corrected chi connectivity index (χ0v) is 11.3. The van der Waals surface area contributed by atoms with Gasteiger partial charge in [0.1, 0.15) is 5.76 Å². The van der Waals surface area contributed by atoms with Crippen molar-refractivity contribution in [3.8, 4) is 0 Å². The molecule has 0 aliphatic carbocycles. The van der Waals surface area contributed by atoms with Crippen LogP contribution in [0.2, 0.25) is 0 Å². The van der Waals surface area contributed by atoms with Crippen LogP contribution in [-0.4, -0.2) is 10.9 Å². The largest absolute Gasteiger partial charge is 0.446 e. The Morgan fingerprint density at radius 2 is 2.21 bits per heavy atom. The molecule has 4 heteroatoms. The summed E-state index contributed by atoms with van der Waals surface area (Å²) in [5, 5.41) is 2.84. The molecule has 1 aromatic carbocycles. The van der Waals surface area contributed by atoms with Gasteiger partial charge in [0.05, 0.1) is 12.2 Å². The molecule has 0 radical (unpaired) electrons. The number of hydrogen-bond acceptors (Lipinski definition) is 3. The number of aromatic nitrogens is 1. The van der Waals surface area contributed by atoms with Crippen LogP contribution in [0.5, 0.6) is 0 Å². The summed E-state index contributed by atoms with van der Waals surface area (Å²) in [6.07, 6.45) is 2.63. The monoisotopic (exact) mass is 258 g/mol. The fraction of sp³-hybridized carbons (Fsp3) is 0.333. The molecule has 0 spiro atoms. The second-order valence-corrected chi connectivity index (χ2v) is 4.63. The number of amides is 1. The molecular weight excluding hydrogens is 240 g/mol. The van der Waals surface area contributed by atoms with E-state index in [-0.39, 0.29) is 5.91 Å². The second-order valence-electron chi connectivity index (χ2n) is 4.63. The molecule has 0 saturated heterocycles. The van der Waals surface area contributed by atoms with Crippen molar-refractivity contribution in [1.82, 2.24) is 10.3 Å². The molecular formula is C15H18N2O2. The molecule has 0 fully saturated rings. The maximum atomic E-state index is 11.7. The minimum Gasteiger partial charge on any atom is -0.446 e. The second kappa shape index (κ2) is 6.18. The molecule has 1 aromatic heterocycles. The number of aryl methyl sites for hydroxylation is 3. The van der Waals surface area contributed by atoms with Crippen molar-refractivity contribution in [1.29, 1.82) is 0 Å². The van der Waals surface area contributed by atoms with E-state index in [0.717, 1.165) is 12.1 Å². The van der Waals surface area contributed by atoms with Gasteiger partial charge in [-0.15, -0.1) is 0 Å². The molecule has 2 rings (SSSR count). The summed E-state index contributed by atoms with van der Waals surface area (Å²) >= 11 is 0. The quantitative estimate of drug-likeness (QED) is 0.896. The zero-order chi connectivity index (χ0) is 13.7. The lowest BCUT2D eigenvalue weighted by Gasteiger charge is -2.04. The van der Waals surface area contributed by atoms with E-state index < -0.39 is 0 Å². The van der Waals surface area contributed by atoms with Crippen LogP contribution in [-0.2, 0) is 17.8 Å². The van der Waals surface area contributed by atoms with E-state index >= 15 is 0 Å². The molecule has 0 bridgehead atoms. The fourth-order valence-corrected chi connectivity index (χ4v) is 1.89. The molecule has 100 valence electrons. The third kappa shape index (κ3) is 3.95. The highest BCUT2D eigenvalue weighted by molar-refractivity contribution is 5.76. The first kappa shape index (κ1) is 13.3. The first-order chi connectivity index (χ1) is 9.15. The van der Waals surface area contributed by atoms with Crippen molar-refractivity contribution in [3.63, 3.8) is 0 Å². The van der Waals surface area contributed by atoms with Gasteiger partial charge in [-0.3, -0.25) is 4.79 Å². The van der Waals surface area contributed by atoms with Crippen molar-refractivity contribution in [3.05, 3.63) is 53.2 Å². The normalized spacial score (nSPS) is 10.4. The highest BCUT2D eigenvalue weighted by atomic mass is 16.3. The number of benzene rings is 1. The Morgan fingerprint density at radius 1 is 1.37 bits per heavy atom. The Labute approximate surface area is 112 Å². The van der Waals surface area contributed by atoms with E-state index in [1.807, 2.05) is 19.1 Å². The number of nitrogens with one attached hydrogen (secondary N) is 1. The average Bonchev–Trinajstić information content (AvgIpc) is 2.80. The molecule has 2 aromatic rings. The summed E-state index contributed by atoms with van der Waals surface area (Å²) in [5.74, 6) is 0.737. The Bertz CT molecular complexity index is 561. The number of rotatable bonds is 5. The molecule has 0 saturated carbocycles. The number of oxazole rings is 1. The minimum absolute atomic E-state index is 0.0253. The first-order valence-corrected chi connectivity index (χ1v) is 6.36. The van der Waals surface area contributed by atoms with E-state index in [4.69, 9.17) is 4.42 Å². The molecule has 1 N–H and O–H groups in total. The third-order valence-corrected chi connectivity index (χ3v) is 3.01. The van der Waals surface area contributed by atoms with E-state index in [0.29, 0.717) is 18.7 Å². The van der Waals surface area contributed by atoms with Crippen LogP contribution >= 0.6 is 0 Å². The first-order valence-electron chi connectivity index (χ1n) is 6.36. The van der Waals surface area contributed by atoms with Gasteiger partial charge < -0.3 is 9.73 Å². The summed E-state index contributed by atoms with van der Waals surface area (Å²) in [4.78, 5) is 15.7. The molecule has 1 heterocycles. The Balaban J connectivity index is 1.77. The van der Waals surface area contributed by atoms with Crippen LogP contribution in [0.15, 0.2) is 35.1 Å². The number of carbonyl (C=O) groups is 1. The van der Waals surface area contributed by atoms with Crippen LogP contribution < -0.4 is 5.32 Å². The lowest BCUT2D eigenvalue weighted by atomic mass is 10.1. The molecule has 0 atom stereocenters. The smallest absolute Gasteiger partial charge is 0.220 e. The number of carbonyl (C=O) groups excluding carboxylic acids is 1. The lowest BCUT2D eigenvalue weighted by molar-refractivity contribution is -0.121. The number of hydrogen-bond donors (Lipinski definition) is 1. The fourth-order valence-electron chi connectivity index (χ4n) is 1.89. The SMILES string of the molecule is Cc1cccc(CCC(=O)NCc2ocnc2C)c1. The summed E-state index contributed by atoms with van der Waals surface area (Å²) in [7, 11) is 0. The van der Waals surface area contributed by atoms with Gasteiger partial charge in [0, 0.05) is 6.42 Å². The molecule has 0 unspecified atom stereocenters. The van der Waals surface area contributed by atoms with Gasteiger partial charge in [0.2, 0.25) is 5.91 Å². The van der Waals surface area contributed by atoms with E-state index in [9.17, 15) is 4.79 Å². The summed E-state index contributed by atoms with van der Waals surface area (Å²) in [6.45, 7) is 4.31. The Kier molecular flexibility index (Phi) is 4.34. The lowest BCUT2D eigenvalue weighted by Crippen LogP contribution is -2.23. The maximum Gasteiger partial charge on any atom is 0.220 e. The summed E-state index contributed by atoms with van der Waals surface area (Å²) in [6, 6.07) is 8.21. The van der Waals surface area contributed by atoms with Crippen LogP contribution in [0.4, 0.5) is 0 Å². The van der Waals surface area contributed by atoms with Gasteiger partial charge in [-0.2, -0.15) is 0 Å². The molecule has 19 heavy (non-hydrogen) atoms. The standard InChI is InChI=1S/C15H18N2O2/c1-11-4-3-5-13(8-11)6-7-15(18)16-9-14-12(2)17-10-19-14/h3-5,8,10H,6-7,9H2,1-2H3,(H,16,18). The van der Waals surface area contributed by atoms with Crippen molar-refractivity contribution in [2.75, 3.05) is 0 Å². The van der Waals surface area contributed by atoms with Crippen LogP contribution in [0, 0.1) is 13.8 Å². The topological polar surface area (TPSA) is 55.1 Å². The van der Waals surface area contributed by atoms with Gasteiger partial charge in [0.25, 0.3) is 0 Å². The minimum atomic E-state index is 0.0253. The summed E-state index contributed by atoms with van der Waals surface area (Å²) < 4.78 is 5.17. The van der Waals surface area contributed by atoms with E-state index in [1.165, 1.54) is 17.5 Å². The Hall–Kier alpha value is -2.10. The van der Waals surface area contributed by atoms with E-state index in [1.54, 1.807) is 0 Å². The molecule has 0 aliphatic heterocycles. The molecule has 0 aliphatic rings. The van der Waals surface area contributed by atoms with Crippen LogP contribution in [0.25, 0.3) is 0 Å². The Morgan fingerprint density at radius 3 is 2.89 bits per heavy atom. The van der Waals surface area contributed by atoms with Gasteiger partial charge in [-0.25, -0.2) is 4.98 Å². The third-order valence-electron chi connectivity index (χ3n) is 3.01. The van der Waals surface area contributed by atoms with Crippen molar-refractivity contribution >= 4 is 5.91 Å². The molecule has 1 amide bonds. The van der Waals surface area contributed by atoms with Crippen LogP contribution in [0.3, 0.4) is 0 Å². The van der Waals surface area contributed by atoms with Crippen molar-refractivity contribution in [2.24, 2.45) is 0 Å². The van der Waals surface area contributed by atoms with Gasteiger partial charge in [-0.1, -0.05) is 29.8 Å². The van der Waals surface area contributed by atoms with Crippen LogP contribution in [0.1, 0.15) is 29.0 Å². The molecule has 4 nitrogen and oxygen atoms in total. The predicted octanol–water partition coefficient (Wildman–Crippen LogP) is 2.54. The average molecular weight is 258 g/mol. The highest BCUT2D eigenvalue weighted by Crippen LogP contribution is 2.07. The number of nitrogens with zero attached hydrogens (tertiary/aromatic N) is 1. The zero-order valence-electron chi connectivity index (χ0n) is 11.3.